The minimum atomic E-state index is -0.740. The van der Waals surface area contributed by atoms with Gasteiger partial charge in [0.05, 0.1) is 25.8 Å². The van der Waals surface area contributed by atoms with Crippen LogP contribution in [0.1, 0.15) is 16.9 Å². The molecular weight excluding hydrogens is 446 g/mol. The number of H-pyrrole nitrogens is 2. The van der Waals surface area contributed by atoms with Gasteiger partial charge in [0.15, 0.2) is 5.69 Å². The fourth-order valence-corrected chi connectivity index (χ4v) is 4.15. The summed E-state index contributed by atoms with van der Waals surface area (Å²) in [5.74, 6) is 0.00610. The molecule has 3 heterocycles. The van der Waals surface area contributed by atoms with Crippen molar-refractivity contribution in [3.05, 3.63) is 117 Å². The zero-order valence-corrected chi connectivity index (χ0v) is 18.7. The van der Waals surface area contributed by atoms with Crippen LogP contribution in [0.15, 0.2) is 93.2 Å². The van der Waals surface area contributed by atoms with Crippen LogP contribution in [0.5, 0.6) is 0 Å². The van der Waals surface area contributed by atoms with Crippen molar-refractivity contribution in [2.75, 3.05) is 10.6 Å². The van der Waals surface area contributed by atoms with E-state index in [1.807, 2.05) is 54.6 Å². The Bertz CT molecular complexity index is 1600. The van der Waals surface area contributed by atoms with Gasteiger partial charge in [0.2, 0.25) is 5.91 Å². The van der Waals surface area contributed by atoms with Gasteiger partial charge in [-0.05, 0) is 29.3 Å². The second-order valence-electron chi connectivity index (χ2n) is 8.16. The molecule has 5 rings (SSSR count). The minimum Gasteiger partial charge on any atom is -0.467 e. The third kappa shape index (κ3) is 4.39. The Hall–Kier alpha value is -4.79. The number of fused-ring (bicyclic) bond motifs is 1. The van der Waals surface area contributed by atoms with E-state index in [2.05, 4.69) is 9.97 Å². The van der Waals surface area contributed by atoms with E-state index in [1.165, 1.54) is 15.7 Å². The summed E-state index contributed by atoms with van der Waals surface area (Å²) >= 11 is 0. The molecule has 0 aliphatic carbocycles. The Kier molecular flexibility index (Phi) is 5.80. The molecule has 4 N–H and O–H groups in total. The molecule has 35 heavy (non-hydrogen) atoms. The molecule has 176 valence electrons. The van der Waals surface area contributed by atoms with Gasteiger partial charge in [0.1, 0.15) is 11.6 Å². The summed E-state index contributed by atoms with van der Waals surface area (Å²) in [6.07, 6.45) is 3.28. The van der Waals surface area contributed by atoms with Crippen molar-refractivity contribution in [2.45, 2.75) is 19.5 Å². The molecular formula is C26H23N5O4. The fraction of sp³-hybridized carbons (Fsp3) is 0.115. The second-order valence-corrected chi connectivity index (χ2v) is 8.16. The molecule has 0 fully saturated rings. The largest absolute Gasteiger partial charge is 0.467 e. The summed E-state index contributed by atoms with van der Waals surface area (Å²) in [6, 6.07) is 20.3. The average molecular weight is 470 g/mol. The number of carbonyl (C=O) groups is 1. The zero-order valence-electron chi connectivity index (χ0n) is 18.7. The van der Waals surface area contributed by atoms with E-state index < -0.39 is 11.2 Å². The third-order valence-electron chi connectivity index (χ3n) is 5.88. The van der Waals surface area contributed by atoms with Crippen molar-refractivity contribution in [3.8, 4) is 0 Å². The van der Waals surface area contributed by atoms with E-state index in [4.69, 9.17) is 10.2 Å². The highest BCUT2D eigenvalue weighted by Crippen LogP contribution is 2.24. The molecule has 1 amide bonds. The average Bonchev–Trinajstić information content (AvgIpc) is 3.52. The number of benzene rings is 2. The van der Waals surface area contributed by atoms with E-state index >= 15 is 0 Å². The Morgan fingerprint density at radius 3 is 2.54 bits per heavy atom. The summed E-state index contributed by atoms with van der Waals surface area (Å²) in [5, 5.41) is 0.912. The number of nitrogens with zero attached hydrogens (tertiary/aromatic N) is 2. The number of aromatic nitrogens is 3. The van der Waals surface area contributed by atoms with E-state index in [9.17, 15) is 14.4 Å². The lowest BCUT2D eigenvalue weighted by Crippen LogP contribution is -2.41. The van der Waals surface area contributed by atoms with E-state index in [0.29, 0.717) is 5.76 Å². The molecule has 0 aliphatic rings. The number of para-hydroxylation sites is 1. The number of nitrogen functional groups attached to an aromatic ring is 1. The predicted octanol–water partition coefficient (Wildman–Crippen LogP) is 3.02. The number of rotatable bonds is 7. The molecule has 0 spiro atoms. The fourth-order valence-electron chi connectivity index (χ4n) is 4.15. The van der Waals surface area contributed by atoms with Crippen molar-refractivity contribution in [2.24, 2.45) is 0 Å². The Balaban J connectivity index is 1.57. The van der Waals surface area contributed by atoms with E-state index in [0.717, 1.165) is 22.0 Å². The van der Waals surface area contributed by atoms with Crippen LogP contribution >= 0.6 is 0 Å². The van der Waals surface area contributed by atoms with Gasteiger partial charge >= 0.3 is 5.69 Å². The SMILES string of the molecule is Nc1c(N(Cc2ccco2)C(=O)Cc2c[nH]c3ccccc23)c(=O)[nH]c(=O)n1Cc1ccccc1. The van der Waals surface area contributed by atoms with Gasteiger partial charge in [0, 0.05) is 17.1 Å². The van der Waals surface area contributed by atoms with Gasteiger partial charge in [-0.1, -0.05) is 48.5 Å². The van der Waals surface area contributed by atoms with Crippen LogP contribution in [0.3, 0.4) is 0 Å². The molecule has 5 aromatic rings. The predicted molar refractivity (Wildman–Crippen MR) is 133 cm³/mol. The van der Waals surface area contributed by atoms with Crippen LogP contribution in [0.2, 0.25) is 0 Å². The summed E-state index contributed by atoms with van der Waals surface area (Å²) in [6.45, 7) is 0.117. The van der Waals surface area contributed by atoms with Crippen LogP contribution in [0.25, 0.3) is 10.9 Å². The first-order valence-electron chi connectivity index (χ1n) is 11.1. The van der Waals surface area contributed by atoms with Gasteiger partial charge < -0.3 is 15.1 Å². The summed E-state index contributed by atoms with van der Waals surface area (Å²) < 4.78 is 6.70. The number of aromatic amines is 2. The third-order valence-corrected chi connectivity index (χ3v) is 5.88. The number of furan rings is 1. The van der Waals surface area contributed by atoms with Crippen LogP contribution in [-0.2, 0) is 24.3 Å². The Labute approximate surface area is 199 Å². The van der Waals surface area contributed by atoms with Crippen molar-refractivity contribution >= 4 is 28.3 Å². The summed E-state index contributed by atoms with van der Waals surface area (Å²) in [4.78, 5) is 46.0. The second kappa shape index (κ2) is 9.22. The van der Waals surface area contributed by atoms with Gasteiger partial charge in [0.25, 0.3) is 5.56 Å². The number of nitrogens with two attached hydrogens (primary N) is 1. The zero-order chi connectivity index (χ0) is 24.4. The molecule has 9 nitrogen and oxygen atoms in total. The van der Waals surface area contributed by atoms with Gasteiger partial charge in [-0.25, -0.2) is 4.79 Å². The molecule has 0 unspecified atom stereocenters. The standard InChI is InChI=1S/C26H23N5O4/c27-24-23(25(33)29-26(34)31(24)15-17-7-2-1-3-8-17)30(16-19-9-6-12-35-19)22(32)13-18-14-28-21-11-5-4-10-20(18)21/h1-12,14,28H,13,15-16,27H2,(H,29,33,34). The van der Waals surface area contributed by atoms with Gasteiger partial charge in [-0.3, -0.25) is 24.0 Å². The van der Waals surface area contributed by atoms with Crippen molar-refractivity contribution in [1.29, 1.82) is 0 Å². The minimum absolute atomic E-state index is 0.0153. The summed E-state index contributed by atoms with van der Waals surface area (Å²) in [5.41, 5.74) is 7.40. The lowest BCUT2D eigenvalue weighted by atomic mass is 10.1. The first-order valence-corrected chi connectivity index (χ1v) is 11.1. The maximum absolute atomic E-state index is 13.6. The highest BCUT2D eigenvalue weighted by molar-refractivity contribution is 5.99. The first-order chi connectivity index (χ1) is 17.0. The highest BCUT2D eigenvalue weighted by Gasteiger charge is 2.26. The number of carbonyl (C=O) groups excluding carboxylic acids is 1. The monoisotopic (exact) mass is 469 g/mol. The Morgan fingerprint density at radius 1 is 1.00 bits per heavy atom. The maximum Gasteiger partial charge on any atom is 0.330 e. The number of hydrogen-bond acceptors (Lipinski definition) is 5. The lowest BCUT2D eigenvalue weighted by molar-refractivity contribution is -0.118. The molecule has 0 saturated carbocycles. The van der Waals surface area contributed by atoms with Gasteiger partial charge in [-0.2, -0.15) is 0 Å². The molecule has 0 bridgehead atoms. The number of amides is 1. The van der Waals surface area contributed by atoms with E-state index in [1.54, 1.807) is 18.3 Å². The van der Waals surface area contributed by atoms with Crippen LogP contribution in [0, 0.1) is 0 Å². The lowest BCUT2D eigenvalue weighted by Gasteiger charge is -2.24. The quantitative estimate of drug-likeness (QED) is 0.337. The summed E-state index contributed by atoms with van der Waals surface area (Å²) in [7, 11) is 0. The van der Waals surface area contributed by atoms with Crippen LogP contribution in [0.4, 0.5) is 11.5 Å². The van der Waals surface area contributed by atoms with Crippen molar-refractivity contribution < 1.29 is 9.21 Å². The maximum atomic E-state index is 13.6. The molecule has 3 aromatic heterocycles. The van der Waals surface area contributed by atoms with Crippen LogP contribution < -0.4 is 21.9 Å². The molecule has 0 radical (unpaired) electrons. The van der Waals surface area contributed by atoms with E-state index in [-0.39, 0.29) is 36.9 Å². The van der Waals surface area contributed by atoms with Crippen molar-refractivity contribution in [3.63, 3.8) is 0 Å². The number of nitrogens with one attached hydrogen (secondary N) is 2. The molecule has 0 atom stereocenters. The Morgan fingerprint density at radius 2 is 1.77 bits per heavy atom. The smallest absolute Gasteiger partial charge is 0.330 e. The first kappa shape index (κ1) is 22.0. The number of hydrogen-bond donors (Lipinski definition) is 3. The van der Waals surface area contributed by atoms with Crippen LogP contribution in [-0.4, -0.2) is 20.4 Å². The molecule has 9 heteroatoms. The highest BCUT2D eigenvalue weighted by atomic mass is 16.3. The normalized spacial score (nSPS) is 11.1. The molecule has 2 aromatic carbocycles. The molecule has 0 saturated heterocycles. The van der Waals surface area contributed by atoms with Gasteiger partial charge in [-0.15, -0.1) is 0 Å². The number of anilines is 2. The molecule has 0 aliphatic heterocycles. The topological polar surface area (TPSA) is 130 Å². The van der Waals surface area contributed by atoms with Crippen molar-refractivity contribution in [1.82, 2.24) is 14.5 Å².